The number of allylic oxidation sites excluding steroid dienone is 1. The number of hydrogen-bond donors (Lipinski definition) is 0. The number of hydrogen-bond acceptors (Lipinski definition) is 4. The zero-order valence-corrected chi connectivity index (χ0v) is 11.2. The van der Waals surface area contributed by atoms with Crippen LogP contribution in [-0.2, 0) is 14.2 Å². The molecule has 1 atom stereocenters. The molecule has 0 saturated carbocycles. The summed E-state index contributed by atoms with van der Waals surface area (Å²) in [5, 5.41) is 0. The molecule has 1 rings (SSSR count). The summed E-state index contributed by atoms with van der Waals surface area (Å²) in [6.07, 6.45) is 2.95. The van der Waals surface area contributed by atoms with E-state index in [0.717, 1.165) is 6.42 Å². The molecular formula is C15H20O4. The van der Waals surface area contributed by atoms with E-state index in [1.165, 1.54) is 0 Å². The van der Waals surface area contributed by atoms with E-state index in [0.29, 0.717) is 18.6 Å². The van der Waals surface area contributed by atoms with Gasteiger partial charge in [-0.15, -0.1) is 6.58 Å². The van der Waals surface area contributed by atoms with E-state index in [1.807, 2.05) is 6.07 Å². The largest absolute Gasteiger partial charge is 0.456 e. The van der Waals surface area contributed by atoms with E-state index >= 15 is 0 Å². The third-order valence-electron chi connectivity index (χ3n) is 2.48. The Morgan fingerprint density at radius 3 is 2.74 bits per heavy atom. The van der Waals surface area contributed by atoms with E-state index in [1.54, 1.807) is 37.5 Å². The van der Waals surface area contributed by atoms with Crippen LogP contribution in [0.4, 0.5) is 0 Å². The highest BCUT2D eigenvalue weighted by Gasteiger charge is 2.15. The molecular weight excluding hydrogens is 244 g/mol. The summed E-state index contributed by atoms with van der Waals surface area (Å²) in [7, 11) is 1.55. The quantitative estimate of drug-likeness (QED) is 0.298. The molecule has 4 nitrogen and oxygen atoms in total. The second-order valence-electron chi connectivity index (χ2n) is 4.04. The van der Waals surface area contributed by atoms with Gasteiger partial charge in [0.05, 0.1) is 12.2 Å². The lowest BCUT2D eigenvalue weighted by Crippen LogP contribution is -2.24. The van der Waals surface area contributed by atoms with Gasteiger partial charge in [-0.25, -0.2) is 4.79 Å². The first-order valence-corrected chi connectivity index (χ1v) is 6.21. The summed E-state index contributed by atoms with van der Waals surface area (Å²) in [5.41, 5.74) is 0.540. The number of carbonyl (C=O) groups excluding carboxylic acids is 1. The lowest BCUT2D eigenvalue weighted by molar-refractivity contribution is -0.0686. The second-order valence-corrected chi connectivity index (χ2v) is 4.04. The molecule has 0 aromatic heterocycles. The Bertz CT molecular complexity index is 375. The van der Waals surface area contributed by atoms with Crippen LogP contribution in [0, 0.1) is 0 Å². The zero-order chi connectivity index (χ0) is 13.9. The van der Waals surface area contributed by atoms with Gasteiger partial charge in [-0.1, -0.05) is 24.3 Å². The Balaban J connectivity index is 2.50. The fourth-order valence-electron chi connectivity index (χ4n) is 1.54. The molecule has 0 heterocycles. The fourth-order valence-corrected chi connectivity index (χ4v) is 1.54. The van der Waals surface area contributed by atoms with Crippen molar-refractivity contribution in [1.29, 1.82) is 0 Å². The summed E-state index contributed by atoms with van der Waals surface area (Å²) in [4.78, 5) is 11.9. The molecule has 0 bridgehead atoms. The van der Waals surface area contributed by atoms with Gasteiger partial charge in [0, 0.05) is 7.11 Å². The molecule has 0 aliphatic heterocycles. The van der Waals surface area contributed by atoms with Crippen molar-refractivity contribution < 1.29 is 19.0 Å². The fraction of sp³-hybridized carbons (Fsp3) is 0.400. The van der Waals surface area contributed by atoms with Crippen LogP contribution in [-0.4, -0.2) is 32.6 Å². The zero-order valence-electron chi connectivity index (χ0n) is 11.2. The molecule has 0 aliphatic carbocycles. The smallest absolute Gasteiger partial charge is 0.338 e. The molecule has 104 valence electrons. The van der Waals surface area contributed by atoms with Crippen LogP contribution in [0.5, 0.6) is 0 Å². The minimum absolute atomic E-state index is 0.188. The van der Waals surface area contributed by atoms with Crippen molar-refractivity contribution in [1.82, 2.24) is 0 Å². The van der Waals surface area contributed by atoms with Gasteiger partial charge >= 0.3 is 5.97 Å². The molecule has 0 fully saturated rings. The van der Waals surface area contributed by atoms with Gasteiger partial charge in [0.25, 0.3) is 0 Å². The maximum absolute atomic E-state index is 11.9. The molecule has 19 heavy (non-hydrogen) atoms. The average molecular weight is 264 g/mol. The number of ether oxygens (including phenoxy) is 3. The highest BCUT2D eigenvalue weighted by Crippen LogP contribution is 2.09. The number of rotatable bonds is 9. The average Bonchev–Trinajstić information content (AvgIpc) is 2.45. The van der Waals surface area contributed by atoms with Crippen molar-refractivity contribution in [3.63, 3.8) is 0 Å². The first-order valence-electron chi connectivity index (χ1n) is 6.21. The Morgan fingerprint density at radius 1 is 1.37 bits per heavy atom. The van der Waals surface area contributed by atoms with E-state index < -0.39 is 0 Å². The van der Waals surface area contributed by atoms with E-state index in [2.05, 4.69) is 6.58 Å². The summed E-state index contributed by atoms with van der Waals surface area (Å²) in [5.74, 6) is -0.337. The highest BCUT2D eigenvalue weighted by atomic mass is 16.7. The van der Waals surface area contributed by atoms with Crippen LogP contribution in [0.3, 0.4) is 0 Å². The Labute approximate surface area is 114 Å². The molecule has 0 amide bonds. The number of esters is 1. The predicted octanol–water partition coefficient (Wildman–Crippen LogP) is 2.80. The molecule has 0 radical (unpaired) electrons. The lowest BCUT2D eigenvalue weighted by atomic mass is 10.2. The topological polar surface area (TPSA) is 44.8 Å². The molecule has 4 heteroatoms. The van der Waals surface area contributed by atoms with Gasteiger partial charge in [-0.05, 0) is 25.0 Å². The number of benzene rings is 1. The van der Waals surface area contributed by atoms with Crippen molar-refractivity contribution >= 4 is 5.97 Å². The molecule has 1 aromatic carbocycles. The van der Waals surface area contributed by atoms with Crippen molar-refractivity contribution in [2.75, 3.05) is 20.5 Å². The van der Waals surface area contributed by atoms with Crippen LogP contribution in [0.2, 0.25) is 0 Å². The van der Waals surface area contributed by atoms with Crippen LogP contribution in [0.25, 0.3) is 0 Å². The van der Waals surface area contributed by atoms with Gasteiger partial charge in [0.15, 0.2) is 0 Å². The minimum Gasteiger partial charge on any atom is -0.456 e. The molecule has 1 aromatic rings. The minimum atomic E-state index is -0.337. The lowest BCUT2D eigenvalue weighted by Gasteiger charge is -2.17. The van der Waals surface area contributed by atoms with Gasteiger partial charge < -0.3 is 14.2 Å². The van der Waals surface area contributed by atoms with Crippen LogP contribution in [0.15, 0.2) is 43.0 Å². The molecule has 0 saturated heterocycles. The van der Waals surface area contributed by atoms with E-state index in [9.17, 15) is 4.79 Å². The Hall–Kier alpha value is -1.65. The maximum Gasteiger partial charge on any atom is 0.338 e. The van der Waals surface area contributed by atoms with Crippen molar-refractivity contribution in [3.05, 3.63) is 48.6 Å². The Kier molecular flexibility index (Phi) is 7.54. The van der Waals surface area contributed by atoms with E-state index in [-0.39, 0.29) is 18.9 Å². The van der Waals surface area contributed by atoms with Gasteiger partial charge in [-0.3, -0.25) is 0 Å². The SMILES string of the molecule is C=CCC[C@@H](COCOC)OC(=O)c1ccccc1. The highest BCUT2D eigenvalue weighted by molar-refractivity contribution is 5.89. The maximum atomic E-state index is 11.9. The monoisotopic (exact) mass is 264 g/mol. The number of carbonyl (C=O) groups is 1. The van der Waals surface area contributed by atoms with Crippen LogP contribution in [0.1, 0.15) is 23.2 Å². The van der Waals surface area contributed by atoms with Gasteiger partial charge in [0.1, 0.15) is 12.9 Å². The van der Waals surface area contributed by atoms with E-state index in [4.69, 9.17) is 14.2 Å². The van der Waals surface area contributed by atoms with Crippen LogP contribution >= 0.6 is 0 Å². The second kappa shape index (κ2) is 9.30. The third-order valence-corrected chi connectivity index (χ3v) is 2.48. The molecule has 0 N–H and O–H groups in total. The van der Waals surface area contributed by atoms with Gasteiger partial charge in [0.2, 0.25) is 0 Å². The van der Waals surface area contributed by atoms with Crippen molar-refractivity contribution in [3.8, 4) is 0 Å². The Morgan fingerprint density at radius 2 is 2.11 bits per heavy atom. The predicted molar refractivity (Wildman–Crippen MR) is 72.9 cm³/mol. The normalized spacial score (nSPS) is 11.8. The van der Waals surface area contributed by atoms with Crippen molar-refractivity contribution in [2.45, 2.75) is 18.9 Å². The summed E-state index contributed by atoms with van der Waals surface area (Å²) >= 11 is 0. The standard InChI is InChI=1S/C15H20O4/c1-3-4-10-14(11-18-12-17-2)19-15(16)13-8-6-5-7-9-13/h3,5-9,14H,1,4,10-12H2,2H3/t14-/m0/s1. The summed E-state index contributed by atoms with van der Waals surface area (Å²) in [6.45, 7) is 4.17. The number of methoxy groups -OCH3 is 1. The van der Waals surface area contributed by atoms with Crippen molar-refractivity contribution in [2.24, 2.45) is 0 Å². The molecule has 0 unspecified atom stereocenters. The molecule has 0 spiro atoms. The molecule has 0 aliphatic rings. The summed E-state index contributed by atoms with van der Waals surface area (Å²) < 4.78 is 15.5. The summed E-state index contributed by atoms with van der Waals surface area (Å²) in [6, 6.07) is 8.91. The van der Waals surface area contributed by atoms with Gasteiger partial charge in [-0.2, -0.15) is 0 Å². The first-order chi connectivity index (χ1) is 9.27. The first kappa shape index (κ1) is 15.4. The van der Waals surface area contributed by atoms with Crippen LogP contribution < -0.4 is 0 Å². The third kappa shape index (κ3) is 6.18.